The highest BCUT2D eigenvalue weighted by molar-refractivity contribution is 6.01. The summed E-state index contributed by atoms with van der Waals surface area (Å²) in [5.74, 6) is 1.33. The summed E-state index contributed by atoms with van der Waals surface area (Å²) in [6, 6.07) is 18.4. The van der Waals surface area contributed by atoms with E-state index < -0.39 is 0 Å². The van der Waals surface area contributed by atoms with Gasteiger partial charge in [-0.3, -0.25) is 4.79 Å². The summed E-state index contributed by atoms with van der Waals surface area (Å²) in [5, 5.41) is 6.08. The Balaban J connectivity index is 1.39. The molecule has 1 amide bonds. The molecule has 0 radical (unpaired) electrons. The lowest BCUT2D eigenvalue weighted by molar-refractivity contribution is 0.0742. The number of aromatic nitrogens is 1. The maximum absolute atomic E-state index is 13.7. The fraction of sp³-hybridized carbons (Fsp3) is 0.310. The zero-order valence-electron chi connectivity index (χ0n) is 20.8. The molecular weight excluding hydrogens is 438 g/mol. The number of ether oxygens (including phenoxy) is 1. The van der Waals surface area contributed by atoms with E-state index in [1.807, 2.05) is 55.1 Å². The van der Waals surface area contributed by atoms with Crippen molar-refractivity contribution in [1.82, 2.24) is 10.1 Å². The number of carbonyl (C=O) groups excluding carboxylic acids is 1. The van der Waals surface area contributed by atoms with Gasteiger partial charge >= 0.3 is 0 Å². The highest BCUT2D eigenvalue weighted by Crippen LogP contribution is 2.30. The molecule has 0 unspecified atom stereocenters. The Morgan fingerprint density at radius 1 is 0.943 bits per heavy atom. The Labute approximate surface area is 206 Å². The molecule has 0 saturated carbocycles. The van der Waals surface area contributed by atoms with Crippen molar-refractivity contribution >= 4 is 22.4 Å². The minimum absolute atomic E-state index is 0.00475. The number of aryl methyl sites for hydroxylation is 3. The van der Waals surface area contributed by atoms with Crippen molar-refractivity contribution in [3.63, 3.8) is 0 Å². The maximum Gasteiger partial charge on any atom is 0.257 e. The summed E-state index contributed by atoms with van der Waals surface area (Å²) < 4.78 is 11.5. The van der Waals surface area contributed by atoms with Crippen molar-refractivity contribution in [2.45, 2.75) is 34.3 Å². The molecule has 4 aromatic rings. The van der Waals surface area contributed by atoms with Crippen molar-refractivity contribution in [3.8, 4) is 5.75 Å². The van der Waals surface area contributed by atoms with Gasteiger partial charge in [-0.1, -0.05) is 41.6 Å². The van der Waals surface area contributed by atoms with E-state index in [-0.39, 0.29) is 5.91 Å². The molecule has 3 aromatic carbocycles. The first-order valence-corrected chi connectivity index (χ1v) is 12.1. The Hall–Kier alpha value is -3.80. The van der Waals surface area contributed by atoms with Crippen molar-refractivity contribution < 1.29 is 14.1 Å². The number of piperazine rings is 1. The highest BCUT2D eigenvalue weighted by Gasteiger charge is 2.26. The standard InChI is InChI=1S/C29H31N3O3/c1-19-8-7-11-27(20(19)2)31-12-14-32(15-13-31)29(33)25-16-23-9-5-6-10-24(23)17-28(25)34-18-26-21(3)30-35-22(26)4/h5-11,16-17H,12-15,18H2,1-4H3. The van der Waals surface area contributed by atoms with Gasteiger partial charge in [0.1, 0.15) is 18.1 Å². The molecular formula is C29H31N3O3. The van der Waals surface area contributed by atoms with Crippen molar-refractivity contribution in [3.05, 3.63) is 88.3 Å². The molecule has 6 heteroatoms. The van der Waals surface area contributed by atoms with Crippen LogP contribution in [0.1, 0.15) is 38.5 Å². The topological polar surface area (TPSA) is 58.8 Å². The molecule has 0 bridgehead atoms. The Morgan fingerprint density at radius 2 is 1.66 bits per heavy atom. The van der Waals surface area contributed by atoms with Gasteiger partial charge in [-0.2, -0.15) is 0 Å². The Bertz CT molecular complexity index is 1360. The van der Waals surface area contributed by atoms with Gasteiger partial charge in [0.25, 0.3) is 5.91 Å². The number of hydrogen-bond acceptors (Lipinski definition) is 5. The first kappa shape index (κ1) is 23.0. The predicted molar refractivity (Wildman–Crippen MR) is 138 cm³/mol. The number of amides is 1. The molecule has 1 saturated heterocycles. The van der Waals surface area contributed by atoms with Gasteiger partial charge < -0.3 is 19.1 Å². The number of fused-ring (bicyclic) bond motifs is 1. The normalized spacial score (nSPS) is 13.9. The summed E-state index contributed by atoms with van der Waals surface area (Å²) >= 11 is 0. The lowest BCUT2D eigenvalue weighted by atomic mass is 10.0. The Morgan fingerprint density at radius 3 is 2.34 bits per heavy atom. The molecule has 1 fully saturated rings. The van der Waals surface area contributed by atoms with E-state index in [4.69, 9.17) is 9.26 Å². The van der Waals surface area contributed by atoms with E-state index in [9.17, 15) is 4.79 Å². The molecule has 0 aliphatic carbocycles. The molecule has 0 atom stereocenters. The van der Waals surface area contributed by atoms with Crippen LogP contribution in [0.4, 0.5) is 5.69 Å². The van der Waals surface area contributed by atoms with Gasteiger partial charge in [0, 0.05) is 31.9 Å². The van der Waals surface area contributed by atoms with Crippen LogP contribution in [0, 0.1) is 27.7 Å². The van der Waals surface area contributed by atoms with Gasteiger partial charge in [0.2, 0.25) is 0 Å². The van der Waals surface area contributed by atoms with Crippen LogP contribution in [0.25, 0.3) is 10.8 Å². The highest BCUT2D eigenvalue weighted by atomic mass is 16.5. The smallest absolute Gasteiger partial charge is 0.257 e. The molecule has 35 heavy (non-hydrogen) atoms. The summed E-state index contributed by atoms with van der Waals surface area (Å²) in [6.07, 6.45) is 0. The minimum atomic E-state index is 0.00475. The lowest BCUT2D eigenvalue weighted by Crippen LogP contribution is -2.49. The van der Waals surface area contributed by atoms with Crippen molar-refractivity contribution in [2.75, 3.05) is 31.1 Å². The molecule has 0 spiro atoms. The quantitative estimate of drug-likeness (QED) is 0.381. The van der Waals surface area contributed by atoms with E-state index in [1.54, 1.807) is 0 Å². The van der Waals surface area contributed by atoms with Gasteiger partial charge in [0.15, 0.2) is 0 Å². The van der Waals surface area contributed by atoms with Gasteiger partial charge in [-0.25, -0.2) is 0 Å². The average molecular weight is 470 g/mol. The lowest BCUT2D eigenvalue weighted by Gasteiger charge is -2.37. The molecule has 6 nitrogen and oxygen atoms in total. The molecule has 5 rings (SSSR count). The fourth-order valence-corrected chi connectivity index (χ4v) is 4.76. The summed E-state index contributed by atoms with van der Waals surface area (Å²) in [4.78, 5) is 18.0. The largest absolute Gasteiger partial charge is 0.488 e. The van der Waals surface area contributed by atoms with Crippen LogP contribution in [0.2, 0.25) is 0 Å². The first-order valence-electron chi connectivity index (χ1n) is 12.1. The van der Waals surface area contributed by atoms with Gasteiger partial charge in [-0.15, -0.1) is 0 Å². The van der Waals surface area contributed by atoms with Crippen LogP contribution in [-0.4, -0.2) is 42.1 Å². The van der Waals surface area contributed by atoms with E-state index >= 15 is 0 Å². The third kappa shape index (κ3) is 4.48. The van der Waals surface area contributed by atoms with E-state index in [0.29, 0.717) is 31.0 Å². The average Bonchev–Trinajstić information content (AvgIpc) is 3.20. The SMILES string of the molecule is Cc1cccc(N2CCN(C(=O)c3cc4ccccc4cc3OCc3c(C)noc3C)CC2)c1C. The van der Waals surface area contributed by atoms with Gasteiger partial charge in [-0.05, 0) is 67.8 Å². The third-order valence-electron chi connectivity index (χ3n) is 7.12. The molecule has 2 heterocycles. The maximum atomic E-state index is 13.7. The number of carbonyl (C=O) groups is 1. The zero-order chi connectivity index (χ0) is 24.5. The fourth-order valence-electron chi connectivity index (χ4n) is 4.76. The van der Waals surface area contributed by atoms with Crippen LogP contribution in [0.3, 0.4) is 0 Å². The zero-order valence-corrected chi connectivity index (χ0v) is 20.8. The summed E-state index contributed by atoms with van der Waals surface area (Å²) in [7, 11) is 0. The number of nitrogens with zero attached hydrogens (tertiary/aromatic N) is 3. The Kier molecular flexibility index (Phi) is 6.20. The number of rotatable bonds is 5. The monoisotopic (exact) mass is 469 g/mol. The third-order valence-corrected chi connectivity index (χ3v) is 7.12. The van der Waals surface area contributed by atoms with Crippen LogP contribution in [0.5, 0.6) is 5.75 Å². The van der Waals surface area contributed by atoms with Crippen LogP contribution < -0.4 is 9.64 Å². The number of hydrogen-bond donors (Lipinski definition) is 0. The molecule has 0 N–H and O–H groups in total. The number of benzene rings is 3. The molecule has 180 valence electrons. The van der Waals surface area contributed by atoms with Crippen LogP contribution >= 0.6 is 0 Å². The van der Waals surface area contributed by atoms with E-state index in [0.717, 1.165) is 40.9 Å². The van der Waals surface area contributed by atoms with Crippen molar-refractivity contribution in [2.24, 2.45) is 0 Å². The molecule has 1 aliphatic heterocycles. The summed E-state index contributed by atoms with van der Waals surface area (Å²) in [6.45, 7) is 11.3. The second-order valence-electron chi connectivity index (χ2n) is 9.29. The van der Waals surface area contributed by atoms with Crippen LogP contribution in [0.15, 0.2) is 59.1 Å². The second kappa shape index (κ2) is 9.45. The molecule has 1 aromatic heterocycles. The van der Waals surface area contributed by atoms with Crippen LogP contribution in [-0.2, 0) is 6.61 Å². The number of anilines is 1. The second-order valence-corrected chi connectivity index (χ2v) is 9.29. The van der Waals surface area contributed by atoms with Crippen molar-refractivity contribution in [1.29, 1.82) is 0 Å². The summed E-state index contributed by atoms with van der Waals surface area (Å²) in [5.41, 5.74) is 6.16. The molecule has 1 aliphatic rings. The minimum Gasteiger partial charge on any atom is -0.488 e. The first-order chi connectivity index (χ1) is 16.9. The predicted octanol–water partition coefficient (Wildman–Crippen LogP) is 5.60. The van der Waals surface area contributed by atoms with E-state index in [1.165, 1.54) is 16.8 Å². The van der Waals surface area contributed by atoms with Gasteiger partial charge in [0.05, 0.1) is 16.8 Å². The van der Waals surface area contributed by atoms with E-state index in [2.05, 4.69) is 42.1 Å².